The molecule has 142 valence electrons. The Hall–Kier alpha value is -1.54. The van der Waals surface area contributed by atoms with E-state index in [9.17, 15) is 13.2 Å². The number of hydrogen-bond donors (Lipinski definition) is 0. The molecule has 0 aromatic heterocycles. The van der Waals surface area contributed by atoms with Crippen LogP contribution in [-0.2, 0) is 21.2 Å². The molecule has 2 atom stereocenters. The first kappa shape index (κ1) is 19.2. The summed E-state index contributed by atoms with van der Waals surface area (Å²) in [4.78, 5) is 18.5. The number of benzene rings is 1. The highest BCUT2D eigenvalue weighted by molar-refractivity contribution is 8.15. The van der Waals surface area contributed by atoms with E-state index in [0.29, 0.717) is 18.1 Å². The molecule has 26 heavy (non-hydrogen) atoms. The summed E-state index contributed by atoms with van der Waals surface area (Å²) < 4.78 is 29.6. The fourth-order valence-electron chi connectivity index (χ4n) is 3.34. The molecule has 2 saturated heterocycles. The van der Waals surface area contributed by atoms with E-state index in [4.69, 9.17) is 4.74 Å². The van der Waals surface area contributed by atoms with E-state index in [2.05, 4.69) is 4.99 Å². The molecule has 1 amide bonds. The van der Waals surface area contributed by atoms with Crippen LogP contribution in [0.2, 0.25) is 0 Å². The second-order valence-corrected chi connectivity index (χ2v) is 10.5. The monoisotopic (exact) mass is 396 g/mol. The SMILES string of the molecule is COc1ccccc1CN1C(=NC(=O)CC(C)C)S[C@@H]2CS(=O)(=O)C[C@H]21. The Balaban J connectivity index is 1.90. The van der Waals surface area contributed by atoms with Crippen molar-refractivity contribution in [3.8, 4) is 5.75 Å². The van der Waals surface area contributed by atoms with E-state index in [1.54, 1.807) is 7.11 Å². The molecular weight excluding hydrogens is 372 g/mol. The number of methoxy groups -OCH3 is 1. The zero-order valence-corrected chi connectivity index (χ0v) is 16.8. The van der Waals surface area contributed by atoms with Crippen LogP contribution >= 0.6 is 11.8 Å². The Bertz CT molecular complexity index is 820. The third-order valence-electron chi connectivity index (χ3n) is 4.51. The molecule has 0 bridgehead atoms. The average Bonchev–Trinajstić information content (AvgIpc) is 3.00. The minimum atomic E-state index is -3.05. The summed E-state index contributed by atoms with van der Waals surface area (Å²) in [6.07, 6.45) is 0.389. The van der Waals surface area contributed by atoms with Gasteiger partial charge in [-0.15, -0.1) is 0 Å². The summed E-state index contributed by atoms with van der Waals surface area (Å²) >= 11 is 1.41. The molecule has 2 fully saturated rings. The zero-order valence-electron chi connectivity index (χ0n) is 15.2. The third kappa shape index (κ3) is 4.23. The van der Waals surface area contributed by atoms with Gasteiger partial charge >= 0.3 is 0 Å². The highest BCUT2D eigenvalue weighted by Gasteiger charge is 2.48. The quantitative estimate of drug-likeness (QED) is 0.760. The smallest absolute Gasteiger partial charge is 0.248 e. The molecule has 0 spiro atoms. The molecular formula is C18H24N2O4S2. The highest BCUT2D eigenvalue weighted by atomic mass is 32.2. The number of sulfone groups is 1. The van der Waals surface area contributed by atoms with Gasteiger partial charge in [-0.25, -0.2) is 8.42 Å². The predicted molar refractivity (Wildman–Crippen MR) is 104 cm³/mol. The van der Waals surface area contributed by atoms with E-state index >= 15 is 0 Å². The van der Waals surface area contributed by atoms with E-state index in [0.717, 1.165) is 11.3 Å². The normalized spacial score (nSPS) is 25.7. The molecule has 2 heterocycles. The lowest BCUT2D eigenvalue weighted by Gasteiger charge is -2.25. The van der Waals surface area contributed by atoms with Gasteiger partial charge in [0, 0.05) is 23.8 Å². The number of para-hydroxylation sites is 1. The van der Waals surface area contributed by atoms with Crippen LogP contribution in [0.3, 0.4) is 0 Å². The number of carbonyl (C=O) groups is 1. The predicted octanol–water partition coefficient (Wildman–Crippen LogP) is 2.34. The summed E-state index contributed by atoms with van der Waals surface area (Å²) in [6.45, 7) is 4.43. The zero-order chi connectivity index (χ0) is 18.9. The lowest BCUT2D eigenvalue weighted by atomic mass is 10.1. The van der Waals surface area contributed by atoms with E-state index in [-0.39, 0.29) is 34.6 Å². The molecule has 2 aliphatic rings. The van der Waals surface area contributed by atoms with Crippen molar-refractivity contribution in [3.63, 3.8) is 0 Å². The number of fused-ring (bicyclic) bond motifs is 1. The summed E-state index contributed by atoms with van der Waals surface area (Å²) in [6, 6.07) is 7.49. The lowest BCUT2D eigenvalue weighted by molar-refractivity contribution is -0.118. The van der Waals surface area contributed by atoms with Crippen molar-refractivity contribution in [1.82, 2.24) is 4.90 Å². The number of hydrogen-bond acceptors (Lipinski definition) is 5. The summed E-state index contributed by atoms with van der Waals surface area (Å²) in [5.74, 6) is 1.07. The molecule has 8 heteroatoms. The largest absolute Gasteiger partial charge is 0.496 e. The van der Waals surface area contributed by atoms with Gasteiger partial charge in [0.2, 0.25) is 5.91 Å². The first-order valence-electron chi connectivity index (χ1n) is 8.66. The number of carbonyl (C=O) groups excluding carboxylic acids is 1. The fraction of sp³-hybridized carbons (Fsp3) is 0.556. The molecule has 0 radical (unpaired) electrons. The molecule has 1 aromatic rings. The van der Waals surface area contributed by atoms with E-state index in [1.165, 1.54) is 11.8 Å². The number of nitrogens with zero attached hydrogens (tertiary/aromatic N) is 2. The average molecular weight is 397 g/mol. The van der Waals surface area contributed by atoms with Crippen molar-refractivity contribution in [2.24, 2.45) is 10.9 Å². The third-order valence-corrected chi connectivity index (χ3v) is 7.76. The van der Waals surface area contributed by atoms with Crippen LogP contribution in [0, 0.1) is 5.92 Å². The Morgan fingerprint density at radius 1 is 1.35 bits per heavy atom. The minimum Gasteiger partial charge on any atom is -0.496 e. The van der Waals surface area contributed by atoms with Gasteiger partial charge in [-0.3, -0.25) is 4.79 Å². The van der Waals surface area contributed by atoms with Gasteiger partial charge in [0.1, 0.15) is 5.75 Å². The van der Waals surface area contributed by atoms with Gasteiger partial charge in [0.15, 0.2) is 15.0 Å². The van der Waals surface area contributed by atoms with Crippen molar-refractivity contribution in [3.05, 3.63) is 29.8 Å². The molecule has 1 aromatic carbocycles. The first-order chi connectivity index (χ1) is 12.3. The molecule has 3 rings (SSSR count). The minimum absolute atomic E-state index is 0.0692. The Kier molecular flexibility index (Phi) is 5.62. The first-order valence-corrected chi connectivity index (χ1v) is 11.4. The van der Waals surface area contributed by atoms with Crippen LogP contribution in [0.1, 0.15) is 25.8 Å². The summed E-state index contributed by atoms with van der Waals surface area (Å²) in [7, 11) is -1.44. The fourth-order valence-corrected chi connectivity index (χ4v) is 7.31. The van der Waals surface area contributed by atoms with Crippen LogP contribution in [0.4, 0.5) is 0 Å². The van der Waals surface area contributed by atoms with Crippen LogP contribution in [0.5, 0.6) is 5.75 Å². The topological polar surface area (TPSA) is 76.0 Å². The van der Waals surface area contributed by atoms with E-state index in [1.807, 2.05) is 43.0 Å². The highest BCUT2D eigenvalue weighted by Crippen LogP contribution is 2.39. The number of ether oxygens (including phenoxy) is 1. The van der Waals surface area contributed by atoms with Gasteiger partial charge in [-0.2, -0.15) is 4.99 Å². The number of amides is 1. The van der Waals surface area contributed by atoms with E-state index < -0.39 is 9.84 Å². The van der Waals surface area contributed by atoms with Crippen molar-refractivity contribution in [2.75, 3.05) is 18.6 Å². The molecule has 0 N–H and O–H groups in total. The number of amidine groups is 1. The van der Waals surface area contributed by atoms with Gasteiger partial charge < -0.3 is 9.64 Å². The van der Waals surface area contributed by atoms with Gasteiger partial charge in [-0.05, 0) is 12.0 Å². The molecule has 0 saturated carbocycles. The van der Waals surface area contributed by atoms with Crippen LogP contribution < -0.4 is 4.74 Å². The Morgan fingerprint density at radius 3 is 2.77 bits per heavy atom. The second-order valence-electron chi connectivity index (χ2n) is 7.13. The Labute approximate surface area is 158 Å². The number of thioether (sulfide) groups is 1. The van der Waals surface area contributed by atoms with Crippen LogP contribution in [0.25, 0.3) is 0 Å². The van der Waals surface area contributed by atoms with Crippen molar-refractivity contribution >= 4 is 32.7 Å². The van der Waals surface area contributed by atoms with Gasteiger partial charge in [0.05, 0.1) is 24.7 Å². The van der Waals surface area contributed by atoms with Crippen LogP contribution in [-0.4, -0.2) is 54.3 Å². The maximum atomic E-state index is 12.2. The standard InChI is InChI=1S/C18H24N2O4S2/c1-12(2)8-17(21)19-18-20(9-13-6-4-5-7-15(13)24-3)14-10-26(22,23)11-16(14)25-18/h4-7,12,14,16H,8-11H2,1-3H3/t14-,16-/m1/s1. The van der Waals surface area contributed by atoms with Crippen LogP contribution in [0.15, 0.2) is 29.3 Å². The summed E-state index contributed by atoms with van der Waals surface area (Å²) in [5, 5.41) is 0.562. The summed E-state index contributed by atoms with van der Waals surface area (Å²) in [5.41, 5.74) is 0.949. The number of aliphatic imine (C=N–C) groups is 1. The molecule has 0 unspecified atom stereocenters. The van der Waals surface area contributed by atoms with Gasteiger partial charge in [-0.1, -0.05) is 43.8 Å². The van der Waals surface area contributed by atoms with Gasteiger partial charge in [0.25, 0.3) is 0 Å². The molecule has 6 nitrogen and oxygen atoms in total. The number of rotatable bonds is 5. The maximum absolute atomic E-state index is 12.2. The lowest BCUT2D eigenvalue weighted by Crippen LogP contribution is -2.37. The maximum Gasteiger partial charge on any atom is 0.248 e. The Morgan fingerprint density at radius 2 is 2.08 bits per heavy atom. The molecule has 0 aliphatic carbocycles. The van der Waals surface area contributed by atoms with Crippen molar-refractivity contribution in [1.29, 1.82) is 0 Å². The van der Waals surface area contributed by atoms with Crippen molar-refractivity contribution in [2.45, 2.75) is 38.1 Å². The second kappa shape index (κ2) is 7.60. The van der Waals surface area contributed by atoms with Crippen molar-refractivity contribution < 1.29 is 17.9 Å². The molecule has 2 aliphatic heterocycles.